The van der Waals surface area contributed by atoms with Crippen LogP contribution >= 0.6 is 0 Å². The van der Waals surface area contributed by atoms with Crippen molar-refractivity contribution in [1.82, 2.24) is 9.55 Å². The van der Waals surface area contributed by atoms with Crippen molar-refractivity contribution in [2.75, 3.05) is 0 Å². The third kappa shape index (κ3) is 3.09. The Labute approximate surface area is 104 Å². The Morgan fingerprint density at radius 3 is 2.71 bits per heavy atom. The van der Waals surface area contributed by atoms with Gasteiger partial charge in [0.2, 0.25) is 0 Å². The predicted octanol–water partition coefficient (Wildman–Crippen LogP) is 2.95. The van der Waals surface area contributed by atoms with E-state index in [0.29, 0.717) is 18.4 Å². The van der Waals surface area contributed by atoms with Gasteiger partial charge in [0.25, 0.3) is 0 Å². The highest BCUT2D eigenvalue weighted by Crippen LogP contribution is 2.27. The van der Waals surface area contributed by atoms with Crippen LogP contribution in [0.2, 0.25) is 0 Å². The molecule has 1 aliphatic rings. The smallest absolute Gasteiger partial charge is 0.111 e. The Morgan fingerprint density at radius 2 is 2.06 bits per heavy atom. The van der Waals surface area contributed by atoms with Crippen LogP contribution in [0.4, 0.5) is 0 Å². The summed E-state index contributed by atoms with van der Waals surface area (Å²) in [6.45, 7) is 5.00. The van der Waals surface area contributed by atoms with Crippen LogP contribution in [0.15, 0.2) is 12.4 Å². The van der Waals surface area contributed by atoms with Crippen molar-refractivity contribution >= 4 is 0 Å². The van der Waals surface area contributed by atoms with E-state index in [9.17, 15) is 5.11 Å². The molecule has 1 N–H and O–H groups in total. The van der Waals surface area contributed by atoms with Crippen LogP contribution < -0.4 is 0 Å². The van der Waals surface area contributed by atoms with Gasteiger partial charge in [0, 0.05) is 18.3 Å². The van der Waals surface area contributed by atoms with Gasteiger partial charge in [0.05, 0.1) is 12.6 Å². The van der Waals surface area contributed by atoms with Crippen molar-refractivity contribution < 1.29 is 5.11 Å². The summed E-state index contributed by atoms with van der Waals surface area (Å²) in [7, 11) is 0. The van der Waals surface area contributed by atoms with Crippen LogP contribution in [0.3, 0.4) is 0 Å². The van der Waals surface area contributed by atoms with Gasteiger partial charge >= 0.3 is 0 Å². The first-order valence-electron chi connectivity index (χ1n) is 6.87. The van der Waals surface area contributed by atoms with Crippen LogP contribution in [-0.2, 0) is 6.54 Å². The van der Waals surface area contributed by atoms with Crippen LogP contribution in [-0.4, -0.2) is 20.8 Å². The zero-order valence-electron chi connectivity index (χ0n) is 11.0. The number of aliphatic hydroxyl groups excluding tert-OH is 1. The SMILES string of the molecule is CC(C)c1nccn1CC(O)C1CCCCC1. The number of imidazole rings is 1. The largest absolute Gasteiger partial charge is 0.391 e. The van der Waals surface area contributed by atoms with Crippen molar-refractivity contribution in [2.24, 2.45) is 5.92 Å². The minimum atomic E-state index is -0.206. The fourth-order valence-corrected chi connectivity index (χ4v) is 2.85. The number of hydrogen-bond donors (Lipinski definition) is 1. The molecule has 0 radical (unpaired) electrons. The highest BCUT2D eigenvalue weighted by molar-refractivity contribution is 4.98. The monoisotopic (exact) mass is 236 g/mol. The second-order valence-electron chi connectivity index (χ2n) is 5.56. The number of hydrogen-bond acceptors (Lipinski definition) is 2. The van der Waals surface area contributed by atoms with Crippen molar-refractivity contribution in [3.05, 3.63) is 18.2 Å². The fraction of sp³-hybridized carbons (Fsp3) is 0.786. The van der Waals surface area contributed by atoms with Gasteiger partial charge in [-0.1, -0.05) is 33.1 Å². The highest BCUT2D eigenvalue weighted by Gasteiger charge is 2.22. The summed E-state index contributed by atoms with van der Waals surface area (Å²) in [4.78, 5) is 4.37. The van der Waals surface area contributed by atoms with Crippen molar-refractivity contribution in [3.63, 3.8) is 0 Å². The fourth-order valence-electron chi connectivity index (χ4n) is 2.85. The van der Waals surface area contributed by atoms with E-state index in [1.807, 2.05) is 12.4 Å². The molecule has 96 valence electrons. The average Bonchev–Trinajstić information content (AvgIpc) is 2.78. The molecular weight excluding hydrogens is 212 g/mol. The molecule has 1 saturated carbocycles. The van der Waals surface area contributed by atoms with Crippen LogP contribution in [0.5, 0.6) is 0 Å². The van der Waals surface area contributed by atoms with Gasteiger partial charge in [-0.15, -0.1) is 0 Å². The first-order valence-corrected chi connectivity index (χ1v) is 6.87. The molecule has 0 aromatic carbocycles. The lowest BCUT2D eigenvalue weighted by Gasteiger charge is -2.27. The van der Waals surface area contributed by atoms with E-state index in [2.05, 4.69) is 23.4 Å². The van der Waals surface area contributed by atoms with Crippen molar-refractivity contribution in [3.8, 4) is 0 Å². The Morgan fingerprint density at radius 1 is 1.35 bits per heavy atom. The second kappa shape index (κ2) is 5.67. The number of aliphatic hydroxyl groups is 1. The number of aromatic nitrogens is 2. The lowest BCUT2D eigenvalue weighted by Crippen LogP contribution is -2.28. The van der Waals surface area contributed by atoms with E-state index in [0.717, 1.165) is 5.82 Å². The van der Waals surface area contributed by atoms with Crippen LogP contribution in [0.1, 0.15) is 57.7 Å². The molecule has 1 aromatic heterocycles. The summed E-state index contributed by atoms with van der Waals surface area (Å²) in [6.07, 6.45) is 9.89. The standard InChI is InChI=1S/C14H24N2O/c1-11(2)14-15-8-9-16(14)10-13(17)12-6-4-3-5-7-12/h8-9,11-13,17H,3-7,10H2,1-2H3. The zero-order chi connectivity index (χ0) is 12.3. The highest BCUT2D eigenvalue weighted by atomic mass is 16.3. The molecule has 1 aromatic rings. The number of nitrogens with zero attached hydrogens (tertiary/aromatic N) is 2. The molecule has 0 saturated heterocycles. The average molecular weight is 236 g/mol. The quantitative estimate of drug-likeness (QED) is 0.872. The van der Waals surface area contributed by atoms with E-state index < -0.39 is 0 Å². The van der Waals surface area contributed by atoms with E-state index in [-0.39, 0.29) is 6.10 Å². The molecule has 0 spiro atoms. The van der Waals surface area contributed by atoms with E-state index >= 15 is 0 Å². The molecule has 2 rings (SSSR count). The summed E-state index contributed by atoms with van der Waals surface area (Å²) in [6, 6.07) is 0. The van der Waals surface area contributed by atoms with Crippen LogP contribution in [0, 0.1) is 5.92 Å². The first kappa shape index (κ1) is 12.6. The molecule has 1 unspecified atom stereocenters. The van der Waals surface area contributed by atoms with Gasteiger partial charge < -0.3 is 9.67 Å². The maximum absolute atomic E-state index is 10.3. The number of rotatable bonds is 4. The Hall–Kier alpha value is -0.830. The summed E-state index contributed by atoms with van der Waals surface area (Å²) in [5, 5.41) is 10.3. The maximum atomic E-state index is 10.3. The Bertz CT molecular complexity index is 340. The predicted molar refractivity (Wildman–Crippen MR) is 68.9 cm³/mol. The third-order valence-corrected chi connectivity index (χ3v) is 3.84. The molecule has 0 bridgehead atoms. The van der Waals surface area contributed by atoms with Crippen LogP contribution in [0.25, 0.3) is 0 Å². The summed E-state index contributed by atoms with van der Waals surface area (Å²) in [5.41, 5.74) is 0. The Kier molecular flexibility index (Phi) is 4.21. The summed E-state index contributed by atoms with van der Waals surface area (Å²) in [5.74, 6) is 1.99. The van der Waals surface area contributed by atoms with Crippen molar-refractivity contribution in [1.29, 1.82) is 0 Å². The molecule has 1 fully saturated rings. The molecule has 3 nitrogen and oxygen atoms in total. The minimum absolute atomic E-state index is 0.206. The molecule has 3 heteroatoms. The second-order valence-corrected chi connectivity index (χ2v) is 5.56. The maximum Gasteiger partial charge on any atom is 0.111 e. The van der Waals surface area contributed by atoms with Gasteiger partial charge in [0.1, 0.15) is 5.82 Å². The van der Waals surface area contributed by atoms with Gasteiger partial charge in [0.15, 0.2) is 0 Å². The van der Waals surface area contributed by atoms with E-state index in [4.69, 9.17) is 0 Å². The lowest BCUT2D eigenvalue weighted by atomic mass is 9.85. The molecule has 1 heterocycles. The topological polar surface area (TPSA) is 38.0 Å². The molecule has 1 atom stereocenters. The molecular formula is C14H24N2O. The molecule has 17 heavy (non-hydrogen) atoms. The molecule has 0 aliphatic heterocycles. The summed E-state index contributed by atoms with van der Waals surface area (Å²) >= 11 is 0. The van der Waals surface area contributed by atoms with E-state index in [1.54, 1.807) is 0 Å². The van der Waals surface area contributed by atoms with E-state index in [1.165, 1.54) is 32.1 Å². The lowest BCUT2D eigenvalue weighted by molar-refractivity contribution is 0.0687. The van der Waals surface area contributed by atoms with Gasteiger partial charge in [-0.05, 0) is 18.8 Å². The molecule has 1 aliphatic carbocycles. The van der Waals surface area contributed by atoms with Gasteiger partial charge in [-0.2, -0.15) is 0 Å². The minimum Gasteiger partial charge on any atom is -0.391 e. The normalized spacial score (nSPS) is 19.8. The zero-order valence-corrected chi connectivity index (χ0v) is 11.0. The van der Waals surface area contributed by atoms with Gasteiger partial charge in [-0.25, -0.2) is 4.98 Å². The third-order valence-electron chi connectivity index (χ3n) is 3.84. The Balaban J connectivity index is 1.97. The summed E-state index contributed by atoms with van der Waals surface area (Å²) < 4.78 is 2.12. The molecule has 0 amide bonds. The first-order chi connectivity index (χ1) is 8.18. The van der Waals surface area contributed by atoms with Crippen molar-refractivity contribution in [2.45, 2.75) is 64.5 Å². The van der Waals surface area contributed by atoms with Gasteiger partial charge in [-0.3, -0.25) is 0 Å².